The molecule has 120 valence electrons. The van der Waals surface area contributed by atoms with Crippen molar-refractivity contribution in [2.45, 2.75) is 19.6 Å². The second kappa shape index (κ2) is 6.08. The Hall–Kier alpha value is -2.88. The van der Waals surface area contributed by atoms with Gasteiger partial charge in [0.25, 0.3) is 0 Å². The fraction of sp³-hybridized carbons (Fsp3) is 0.188. The maximum Gasteiger partial charge on any atom is 0.432 e. The Morgan fingerprint density at radius 2 is 1.91 bits per heavy atom. The number of rotatable bonds is 3. The number of nitrogens with two attached hydrogens (primary N) is 2. The highest BCUT2D eigenvalue weighted by Crippen LogP contribution is 2.39. The van der Waals surface area contributed by atoms with E-state index in [1.54, 1.807) is 6.92 Å². The molecular formula is C16H15F3N4. The molecule has 2 rings (SSSR count). The molecule has 0 bridgehead atoms. The van der Waals surface area contributed by atoms with E-state index in [0.29, 0.717) is 16.8 Å². The van der Waals surface area contributed by atoms with Gasteiger partial charge in [0.2, 0.25) is 0 Å². The largest absolute Gasteiger partial charge is 0.432 e. The van der Waals surface area contributed by atoms with Crippen LogP contribution in [0.25, 0.3) is 11.1 Å². The van der Waals surface area contributed by atoms with Crippen molar-refractivity contribution in [3.05, 3.63) is 59.2 Å². The van der Waals surface area contributed by atoms with Gasteiger partial charge in [-0.05, 0) is 30.7 Å². The molecule has 0 amide bonds. The number of allylic oxidation sites excluding steroid dienone is 1. The lowest BCUT2D eigenvalue weighted by molar-refractivity contribution is -0.142. The average Bonchev–Trinajstić information content (AvgIpc) is 2.84. The highest BCUT2D eigenvalue weighted by atomic mass is 19.4. The number of halogens is 3. The summed E-state index contributed by atoms with van der Waals surface area (Å²) in [6, 6.07) is 9.34. The van der Waals surface area contributed by atoms with Gasteiger partial charge in [0.1, 0.15) is 5.69 Å². The second-order valence-corrected chi connectivity index (χ2v) is 5.06. The van der Waals surface area contributed by atoms with Gasteiger partial charge in [0.15, 0.2) is 0 Å². The SMILES string of the molecule is Cc1cc(-c2ccc(C#N)cc2)c(C(F)(F)F)n1C/C(N)=C/N. The van der Waals surface area contributed by atoms with Crippen molar-refractivity contribution in [1.82, 2.24) is 4.57 Å². The van der Waals surface area contributed by atoms with Gasteiger partial charge in [0, 0.05) is 23.2 Å². The molecule has 0 atom stereocenters. The number of hydrogen-bond acceptors (Lipinski definition) is 3. The van der Waals surface area contributed by atoms with Crippen molar-refractivity contribution in [2.75, 3.05) is 0 Å². The minimum Gasteiger partial charge on any atom is -0.403 e. The third-order valence-corrected chi connectivity index (χ3v) is 3.45. The molecule has 0 aliphatic carbocycles. The third kappa shape index (κ3) is 3.31. The third-order valence-electron chi connectivity index (χ3n) is 3.45. The van der Waals surface area contributed by atoms with Crippen LogP contribution in [0, 0.1) is 18.3 Å². The van der Waals surface area contributed by atoms with Gasteiger partial charge in [-0.3, -0.25) is 0 Å². The molecule has 4 N–H and O–H groups in total. The molecule has 0 aliphatic heterocycles. The van der Waals surface area contributed by atoms with E-state index in [9.17, 15) is 13.2 Å². The van der Waals surface area contributed by atoms with E-state index in [0.717, 1.165) is 10.8 Å². The zero-order valence-corrected chi connectivity index (χ0v) is 12.4. The van der Waals surface area contributed by atoms with Crippen LogP contribution in [0.2, 0.25) is 0 Å². The molecule has 1 heterocycles. The Balaban J connectivity index is 2.64. The number of nitriles is 1. The Morgan fingerprint density at radius 3 is 2.39 bits per heavy atom. The maximum absolute atomic E-state index is 13.5. The Bertz CT molecular complexity index is 777. The number of aryl methyl sites for hydroxylation is 1. The van der Waals surface area contributed by atoms with Gasteiger partial charge in [-0.15, -0.1) is 0 Å². The molecule has 0 spiro atoms. The summed E-state index contributed by atoms with van der Waals surface area (Å²) in [5.41, 5.74) is 11.4. The summed E-state index contributed by atoms with van der Waals surface area (Å²) in [4.78, 5) is 0. The smallest absolute Gasteiger partial charge is 0.403 e. The van der Waals surface area contributed by atoms with E-state index in [2.05, 4.69) is 0 Å². The lowest BCUT2D eigenvalue weighted by atomic mass is 10.0. The standard InChI is InChI=1S/C16H15F3N4/c1-10-6-14(12-4-2-11(7-20)3-5-12)15(16(17,18)19)23(10)9-13(22)8-21/h2-6,8H,9,21-22H2,1H3/b13-8-. The molecule has 0 fully saturated rings. The fourth-order valence-electron chi connectivity index (χ4n) is 2.37. The number of nitrogens with zero attached hydrogens (tertiary/aromatic N) is 2. The number of alkyl halides is 3. The van der Waals surface area contributed by atoms with Crippen molar-refractivity contribution in [3.8, 4) is 17.2 Å². The minimum atomic E-state index is -4.55. The topological polar surface area (TPSA) is 80.8 Å². The first-order chi connectivity index (χ1) is 10.8. The van der Waals surface area contributed by atoms with E-state index < -0.39 is 11.9 Å². The number of aromatic nitrogens is 1. The van der Waals surface area contributed by atoms with Gasteiger partial charge in [-0.25, -0.2) is 0 Å². The summed E-state index contributed by atoms with van der Waals surface area (Å²) in [7, 11) is 0. The van der Waals surface area contributed by atoms with Crippen molar-refractivity contribution in [2.24, 2.45) is 11.5 Å². The van der Waals surface area contributed by atoms with Gasteiger partial charge in [-0.1, -0.05) is 12.1 Å². The van der Waals surface area contributed by atoms with Crippen LogP contribution in [0.5, 0.6) is 0 Å². The average molecular weight is 320 g/mol. The number of hydrogen-bond donors (Lipinski definition) is 2. The summed E-state index contributed by atoms with van der Waals surface area (Å²) >= 11 is 0. The summed E-state index contributed by atoms with van der Waals surface area (Å²) < 4.78 is 41.7. The van der Waals surface area contributed by atoms with Crippen LogP contribution < -0.4 is 11.5 Å². The molecule has 1 aromatic heterocycles. The van der Waals surface area contributed by atoms with Crippen molar-refractivity contribution >= 4 is 0 Å². The monoisotopic (exact) mass is 320 g/mol. The molecule has 7 heteroatoms. The van der Waals surface area contributed by atoms with E-state index in [4.69, 9.17) is 16.7 Å². The summed E-state index contributed by atoms with van der Waals surface area (Å²) in [6.45, 7) is 1.43. The molecule has 0 unspecified atom stereocenters. The van der Waals surface area contributed by atoms with Crippen molar-refractivity contribution in [3.63, 3.8) is 0 Å². The first-order valence-electron chi connectivity index (χ1n) is 6.72. The molecule has 4 nitrogen and oxygen atoms in total. The van der Waals surface area contributed by atoms with Crippen LogP contribution in [-0.2, 0) is 12.7 Å². The summed E-state index contributed by atoms with van der Waals surface area (Å²) in [5, 5.41) is 8.79. The zero-order chi connectivity index (χ0) is 17.2. The predicted octanol–water partition coefficient (Wildman–Crippen LogP) is 3.11. The lowest BCUT2D eigenvalue weighted by Gasteiger charge is -2.16. The highest BCUT2D eigenvalue weighted by molar-refractivity contribution is 5.69. The number of benzene rings is 1. The van der Waals surface area contributed by atoms with Crippen LogP contribution in [0.4, 0.5) is 13.2 Å². The van der Waals surface area contributed by atoms with E-state index in [1.807, 2.05) is 6.07 Å². The van der Waals surface area contributed by atoms with E-state index >= 15 is 0 Å². The van der Waals surface area contributed by atoms with Gasteiger partial charge in [-0.2, -0.15) is 18.4 Å². The van der Waals surface area contributed by atoms with Crippen LogP contribution in [0.1, 0.15) is 17.0 Å². The van der Waals surface area contributed by atoms with Crippen LogP contribution in [0.3, 0.4) is 0 Å². The molecule has 0 radical (unpaired) electrons. The Labute approximate surface area is 131 Å². The molecule has 0 aliphatic rings. The first-order valence-corrected chi connectivity index (χ1v) is 6.72. The molecule has 0 saturated heterocycles. The summed E-state index contributed by atoms with van der Waals surface area (Å²) in [5.74, 6) is 0. The fourth-order valence-corrected chi connectivity index (χ4v) is 2.37. The van der Waals surface area contributed by atoms with Crippen molar-refractivity contribution in [1.29, 1.82) is 5.26 Å². The molecule has 1 aromatic carbocycles. The van der Waals surface area contributed by atoms with Crippen LogP contribution in [-0.4, -0.2) is 4.57 Å². The Kier molecular flexibility index (Phi) is 4.36. The first kappa shape index (κ1) is 16.5. The van der Waals surface area contributed by atoms with Gasteiger partial charge in [0.05, 0.1) is 18.2 Å². The lowest BCUT2D eigenvalue weighted by Crippen LogP contribution is -2.19. The molecule has 2 aromatic rings. The van der Waals surface area contributed by atoms with Crippen LogP contribution in [0.15, 0.2) is 42.2 Å². The zero-order valence-electron chi connectivity index (χ0n) is 12.4. The molecule has 0 saturated carbocycles. The second-order valence-electron chi connectivity index (χ2n) is 5.06. The minimum absolute atomic E-state index is 0.0457. The molecule has 23 heavy (non-hydrogen) atoms. The quantitative estimate of drug-likeness (QED) is 0.912. The van der Waals surface area contributed by atoms with Crippen LogP contribution >= 0.6 is 0 Å². The normalized spacial score (nSPS) is 12.2. The highest BCUT2D eigenvalue weighted by Gasteiger charge is 2.38. The maximum atomic E-state index is 13.5. The van der Waals surface area contributed by atoms with Gasteiger partial charge >= 0.3 is 6.18 Å². The van der Waals surface area contributed by atoms with E-state index in [1.165, 1.54) is 30.3 Å². The van der Waals surface area contributed by atoms with Gasteiger partial charge < -0.3 is 16.0 Å². The Morgan fingerprint density at radius 1 is 1.30 bits per heavy atom. The summed E-state index contributed by atoms with van der Waals surface area (Å²) in [6.07, 6.45) is -3.46. The van der Waals surface area contributed by atoms with Crippen molar-refractivity contribution < 1.29 is 13.2 Å². The predicted molar refractivity (Wildman–Crippen MR) is 80.8 cm³/mol. The molecular weight excluding hydrogens is 305 g/mol. The van der Waals surface area contributed by atoms with E-state index in [-0.39, 0.29) is 17.8 Å².